The van der Waals surface area contributed by atoms with E-state index in [1.165, 1.54) is 56.3 Å². The maximum absolute atomic E-state index is 13.7. The van der Waals surface area contributed by atoms with Crippen LogP contribution in [-0.4, -0.2) is 125 Å². The van der Waals surface area contributed by atoms with Crippen LogP contribution in [0.2, 0.25) is 0 Å². The molecule has 0 bridgehead atoms. The lowest BCUT2D eigenvalue weighted by Gasteiger charge is -2.29. The summed E-state index contributed by atoms with van der Waals surface area (Å²) in [5.41, 5.74) is -2.03. The third-order valence-electron chi connectivity index (χ3n) is 17.8. The number of nitrogens with zero attached hydrogens (tertiary/aromatic N) is 2. The molecule has 0 aromatic carbocycles. The first-order valence-electron chi connectivity index (χ1n) is 31.0. The largest absolute Gasteiger partial charge is 0.465 e. The Hall–Kier alpha value is -3.75. The Balaban J connectivity index is 1.33. The SMILES string of the molecule is CC1CCC(CCC(=O)OCC(C)(COC(=O)CCC2CCC(C)CC2)COC(=O)CCN(CCC(=O)OCC(C)(COC(=O)CCC2CCC(C)CC2)COC(=O)CCC2CCC(C)CC2)C(=O)CCCCN(C)C)CC1. The summed E-state index contributed by atoms with van der Waals surface area (Å²) in [5.74, 6) is 2.16. The molecule has 4 aliphatic carbocycles. The van der Waals surface area contributed by atoms with Crippen molar-refractivity contribution < 1.29 is 62.0 Å². The highest BCUT2D eigenvalue weighted by molar-refractivity contribution is 5.78. The summed E-state index contributed by atoms with van der Waals surface area (Å²) in [6, 6.07) is 0. The van der Waals surface area contributed by atoms with Gasteiger partial charge in [0.2, 0.25) is 5.91 Å². The summed E-state index contributed by atoms with van der Waals surface area (Å²) in [6.45, 7) is 12.7. The highest BCUT2D eigenvalue weighted by Gasteiger charge is 2.34. The van der Waals surface area contributed by atoms with E-state index in [0.717, 1.165) is 114 Å². The van der Waals surface area contributed by atoms with Crippen LogP contribution in [0.5, 0.6) is 0 Å². The molecule has 0 N–H and O–H groups in total. The first-order chi connectivity index (χ1) is 37.2. The van der Waals surface area contributed by atoms with Gasteiger partial charge in [0.1, 0.15) is 39.6 Å². The van der Waals surface area contributed by atoms with Gasteiger partial charge in [0.05, 0.1) is 23.7 Å². The van der Waals surface area contributed by atoms with Crippen LogP contribution in [-0.2, 0) is 62.0 Å². The fourth-order valence-electron chi connectivity index (χ4n) is 11.6. The number of esters is 6. The number of unbranched alkanes of at least 4 members (excludes halogenated alkanes) is 1. The van der Waals surface area contributed by atoms with E-state index in [0.29, 0.717) is 55.8 Å². The second-order valence-corrected chi connectivity index (χ2v) is 26.4. The number of ether oxygens (including phenoxy) is 6. The Morgan fingerprint density at radius 3 is 0.833 bits per heavy atom. The van der Waals surface area contributed by atoms with E-state index < -0.39 is 22.8 Å². The summed E-state index contributed by atoms with van der Waals surface area (Å²) in [5, 5.41) is 0. The molecule has 1 amide bonds. The second-order valence-electron chi connectivity index (χ2n) is 26.4. The summed E-state index contributed by atoms with van der Waals surface area (Å²) >= 11 is 0. The van der Waals surface area contributed by atoms with E-state index in [9.17, 15) is 33.6 Å². The Labute approximate surface area is 471 Å². The molecule has 78 heavy (non-hydrogen) atoms. The van der Waals surface area contributed by atoms with E-state index >= 15 is 0 Å². The van der Waals surface area contributed by atoms with Gasteiger partial charge >= 0.3 is 35.8 Å². The highest BCUT2D eigenvalue weighted by atomic mass is 16.6. The zero-order valence-corrected chi connectivity index (χ0v) is 50.2. The standard InChI is InChI=1S/C63H108N2O13/c1-47-12-20-51(21-13-47)28-32-56(67)73-41-62(5,42-74-57(68)33-29-52-22-14-48(2)15-23-52)45-77-60(71)36-39-65(55(66)11-9-10-38-64(7)8)40-37-61(72)78-46-63(6,43-75-58(69)34-30-53-24-16-49(3)17-25-53)44-76-59(70)35-31-54-26-18-50(4)19-27-54/h47-54H,9-46H2,1-8H3. The first-order valence-corrected chi connectivity index (χ1v) is 31.0. The van der Waals surface area contributed by atoms with E-state index in [4.69, 9.17) is 28.4 Å². The van der Waals surface area contributed by atoms with E-state index in [1.807, 2.05) is 19.0 Å². The lowest BCUT2D eigenvalue weighted by atomic mass is 9.81. The minimum absolute atomic E-state index is 0.0113. The van der Waals surface area contributed by atoms with Crippen LogP contribution in [0.15, 0.2) is 0 Å². The van der Waals surface area contributed by atoms with Crippen LogP contribution in [0.1, 0.15) is 228 Å². The van der Waals surface area contributed by atoms with Gasteiger partial charge in [-0.15, -0.1) is 0 Å². The first kappa shape index (κ1) is 66.8. The molecule has 0 heterocycles. The molecule has 0 aromatic heterocycles. The minimum Gasteiger partial charge on any atom is -0.465 e. The quantitative estimate of drug-likeness (QED) is 0.0332. The Bertz CT molecular complexity index is 1590. The number of hydrogen-bond donors (Lipinski definition) is 0. The molecule has 0 radical (unpaired) electrons. The molecule has 0 aliphatic heterocycles. The average Bonchev–Trinajstić information content (AvgIpc) is 3.42. The van der Waals surface area contributed by atoms with Gasteiger partial charge in [0.25, 0.3) is 0 Å². The van der Waals surface area contributed by atoms with Crippen molar-refractivity contribution >= 4 is 41.7 Å². The number of rotatable bonds is 35. The zero-order valence-electron chi connectivity index (χ0n) is 50.2. The lowest BCUT2D eigenvalue weighted by molar-refractivity contribution is -0.163. The van der Waals surface area contributed by atoms with Gasteiger partial charge in [0, 0.05) is 45.2 Å². The smallest absolute Gasteiger partial charge is 0.307 e. The van der Waals surface area contributed by atoms with Crippen LogP contribution in [0.25, 0.3) is 0 Å². The van der Waals surface area contributed by atoms with Crippen molar-refractivity contribution in [3.8, 4) is 0 Å². The van der Waals surface area contributed by atoms with Gasteiger partial charge in [-0.2, -0.15) is 0 Å². The maximum atomic E-state index is 13.7. The van der Waals surface area contributed by atoms with E-state index in [1.54, 1.807) is 13.8 Å². The molecular formula is C63H108N2O13. The normalized spacial score (nSPS) is 25.1. The predicted molar refractivity (Wildman–Crippen MR) is 302 cm³/mol. The van der Waals surface area contributed by atoms with Crippen molar-refractivity contribution in [3.05, 3.63) is 0 Å². The highest BCUT2D eigenvalue weighted by Crippen LogP contribution is 2.35. The number of carbonyl (C=O) groups is 7. The molecule has 4 fully saturated rings. The third-order valence-corrected chi connectivity index (χ3v) is 17.8. The molecule has 4 saturated carbocycles. The molecule has 0 spiro atoms. The van der Waals surface area contributed by atoms with Crippen molar-refractivity contribution in [3.63, 3.8) is 0 Å². The summed E-state index contributed by atoms with van der Waals surface area (Å²) in [6.07, 6.45) is 23.8. The molecule has 0 atom stereocenters. The van der Waals surface area contributed by atoms with Crippen molar-refractivity contribution in [2.45, 2.75) is 228 Å². The molecule has 4 aliphatic rings. The second kappa shape index (κ2) is 35.9. The molecule has 0 aromatic rings. The van der Waals surface area contributed by atoms with Gasteiger partial charge < -0.3 is 38.2 Å². The zero-order chi connectivity index (χ0) is 56.9. The topological polar surface area (TPSA) is 181 Å². The predicted octanol–water partition coefficient (Wildman–Crippen LogP) is 12.0. The number of hydrogen-bond acceptors (Lipinski definition) is 14. The van der Waals surface area contributed by atoms with Crippen LogP contribution >= 0.6 is 0 Å². The van der Waals surface area contributed by atoms with Gasteiger partial charge in [-0.25, -0.2) is 0 Å². The van der Waals surface area contributed by atoms with Gasteiger partial charge in [0.15, 0.2) is 0 Å². The summed E-state index contributed by atoms with van der Waals surface area (Å²) in [7, 11) is 3.94. The number of amides is 1. The van der Waals surface area contributed by atoms with Gasteiger partial charge in [-0.05, 0) is 120 Å². The summed E-state index contributed by atoms with van der Waals surface area (Å²) < 4.78 is 34.8. The average molecular weight is 1100 g/mol. The molecular weight excluding hydrogens is 993 g/mol. The van der Waals surface area contributed by atoms with Crippen molar-refractivity contribution in [1.29, 1.82) is 0 Å². The van der Waals surface area contributed by atoms with E-state index in [2.05, 4.69) is 27.7 Å². The van der Waals surface area contributed by atoms with Gasteiger partial charge in [-0.3, -0.25) is 33.6 Å². The Kier molecular flexibility index (Phi) is 30.7. The number of carbonyl (C=O) groups excluding carboxylic acids is 7. The molecule has 4 rings (SSSR count). The molecule has 15 nitrogen and oxygen atoms in total. The molecule has 0 saturated heterocycles. The fraction of sp³-hybridized carbons (Fsp3) is 0.889. The van der Waals surface area contributed by atoms with Crippen LogP contribution in [0, 0.1) is 58.2 Å². The minimum atomic E-state index is -1.01. The molecule has 0 unspecified atom stereocenters. The summed E-state index contributed by atoms with van der Waals surface area (Å²) in [4.78, 5) is 96.5. The van der Waals surface area contributed by atoms with Crippen molar-refractivity contribution in [1.82, 2.24) is 9.80 Å². The Morgan fingerprint density at radius 1 is 0.346 bits per heavy atom. The van der Waals surface area contributed by atoms with Crippen molar-refractivity contribution in [2.24, 2.45) is 58.2 Å². The van der Waals surface area contributed by atoms with E-state index in [-0.39, 0.29) is 102 Å². The lowest BCUT2D eigenvalue weighted by Crippen LogP contribution is -2.39. The third kappa shape index (κ3) is 28.6. The van der Waals surface area contributed by atoms with Gasteiger partial charge in [-0.1, -0.05) is 130 Å². The van der Waals surface area contributed by atoms with Crippen molar-refractivity contribution in [2.75, 3.05) is 73.4 Å². The maximum Gasteiger partial charge on any atom is 0.307 e. The monoisotopic (exact) mass is 1100 g/mol. The fourth-order valence-corrected chi connectivity index (χ4v) is 11.6. The van der Waals surface area contributed by atoms with Crippen LogP contribution in [0.4, 0.5) is 0 Å². The Morgan fingerprint density at radius 2 is 0.590 bits per heavy atom. The molecule has 448 valence electrons. The van der Waals surface area contributed by atoms with Crippen LogP contribution < -0.4 is 0 Å². The molecule has 15 heteroatoms. The van der Waals surface area contributed by atoms with Crippen LogP contribution in [0.3, 0.4) is 0 Å².